The fourth-order valence-electron chi connectivity index (χ4n) is 1.13. The summed E-state index contributed by atoms with van der Waals surface area (Å²) in [7, 11) is 1.61. The maximum absolute atomic E-state index is 5.81. The molecule has 0 radical (unpaired) electrons. The summed E-state index contributed by atoms with van der Waals surface area (Å²) >= 11 is 5.81. The standard InChI is InChI=1S/C11H11ClO/c1-4-8(2)10-6-5-9(12)7-11(10)13-3/h1,5-8H,2-3H3. The Hall–Kier alpha value is -1.13. The van der Waals surface area contributed by atoms with Crippen LogP contribution in [0.5, 0.6) is 5.75 Å². The molecule has 1 aromatic rings. The first-order valence-corrected chi connectivity index (χ1v) is 4.36. The lowest BCUT2D eigenvalue weighted by molar-refractivity contribution is 0.409. The SMILES string of the molecule is C#CC(C)c1ccc(Cl)cc1OC. The highest BCUT2D eigenvalue weighted by Gasteiger charge is 2.08. The zero-order valence-electron chi connectivity index (χ0n) is 7.67. The number of terminal acetylenes is 1. The maximum atomic E-state index is 5.81. The van der Waals surface area contributed by atoms with E-state index >= 15 is 0 Å². The molecule has 0 amide bonds. The molecule has 0 bridgehead atoms. The largest absolute Gasteiger partial charge is 0.496 e. The summed E-state index contributed by atoms with van der Waals surface area (Å²) in [5.41, 5.74) is 0.995. The van der Waals surface area contributed by atoms with Crippen molar-refractivity contribution in [2.75, 3.05) is 7.11 Å². The Bertz CT molecular complexity index is 338. The Balaban J connectivity index is 3.15. The van der Waals surface area contributed by atoms with E-state index in [4.69, 9.17) is 22.8 Å². The highest BCUT2D eigenvalue weighted by Crippen LogP contribution is 2.28. The topological polar surface area (TPSA) is 9.23 Å². The fraction of sp³-hybridized carbons (Fsp3) is 0.273. The lowest BCUT2D eigenvalue weighted by atomic mass is 10.0. The smallest absolute Gasteiger partial charge is 0.124 e. The molecular weight excluding hydrogens is 184 g/mol. The predicted molar refractivity (Wildman–Crippen MR) is 55.3 cm³/mol. The van der Waals surface area contributed by atoms with Gasteiger partial charge in [-0.1, -0.05) is 23.6 Å². The number of methoxy groups -OCH3 is 1. The third-order valence-electron chi connectivity index (χ3n) is 1.91. The molecule has 1 aromatic carbocycles. The summed E-state index contributed by atoms with van der Waals surface area (Å²) in [6, 6.07) is 5.48. The Morgan fingerprint density at radius 1 is 1.54 bits per heavy atom. The fourth-order valence-corrected chi connectivity index (χ4v) is 1.29. The molecule has 0 aliphatic rings. The molecule has 68 valence electrons. The van der Waals surface area contributed by atoms with Crippen molar-refractivity contribution in [2.24, 2.45) is 0 Å². The number of rotatable bonds is 2. The minimum absolute atomic E-state index is 0.0483. The van der Waals surface area contributed by atoms with Gasteiger partial charge in [-0.2, -0.15) is 0 Å². The lowest BCUT2D eigenvalue weighted by Gasteiger charge is -2.10. The highest BCUT2D eigenvalue weighted by molar-refractivity contribution is 6.30. The number of hydrogen-bond donors (Lipinski definition) is 0. The van der Waals surface area contributed by atoms with Gasteiger partial charge in [0.2, 0.25) is 0 Å². The Morgan fingerprint density at radius 3 is 2.77 bits per heavy atom. The minimum atomic E-state index is 0.0483. The van der Waals surface area contributed by atoms with Gasteiger partial charge in [-0.25, -0.2) is 0 Å². The quantitative estimate of drug-likeness (QED) is 0.658. The molecule has 1 rings (SSSR count). The van der Waals surface area contributed by atoms with Crippen LogP contribution in [-0.4, -0.2) is 7.11 Å². The van der Waals surface area contributed by atoms with Crippen molar-refractivity contribution in [3.8, 4) is 18.1 Å². The second kappa shape index (κ2) is 4.20. The highest BCUT2D eigenvalue weighted by atomic mass is 35.5. The summed E-state index contributed by atoms with van der Waals surface area (Å²) in [5.74, 6) is 3.45. The molecule has 0 heterocycles. The van der Waals surface area contributed by atoms with Crippen LogP contribution in [0.15, 0.2) is 18.2 Å². The van der Waals surface area contributed by atoms with Crippen LogP contribution in [0.3, 0.4) is 0 Å². The van der Waals surface area contributed by atoms with Crippen LogP contribution in [0, 0.1) is 12.3 Å². The average molecular weight is 195 g/mol. The van der Waals surface area contributed by atoms with Crippen LogP contribution in [0.1, 0.15) is 18.4 Å². The van der Waals surface area contributed by atoms with E-state index < -0.39 is 0 Å². The summed E-state index contributed by atoms with van der Waals surface area (Å²) in [4.78, 5) is 0. The van der Waals surface area contributed by atoms with Gasteiger partial charge in [0, 0.05) is 16.5 Å². The van der Waals surface area contributed by atoms with Gasteiger partial charge in [-0.3, -0.25) is 0 Å². The summed E-state index contributed by atoms with van der Waals surface area (Å²) in [6.45, 7) is 1.95. The van der Waals surface area contributed by atoms with E-state index in [1.165, 1.54) is 0 Å². The van der Waals surface area contributed by atoms with Crippen molar-refractivity contribution in [3.05, 3.63) is 28.8 Å². The van der Waals surface area contributed by atoms with E-state index in [1.54, 1.807) is 13.2 Å². The molecule has 0 saturated carbocycles. The van der Waals surface area contributed by atoms with Gasteiger partial charge in [-0.05, 0) is 19.1 Å². The number of hydrogen-bond acceptors (Lipinski definition) is 1. The zero-order valence-corrected chi connectivity index (χ0v) is 8.43. The third kappa shape index (κ3) is 2.17. The van der Waals surface area contributed by atoms with Gasteiger partial charge < -0.3 is 4.74 Å². The molecule has 0 fully saturated rings. The molecule has 1 unspecified atom stereocenters. The molecule has 0 aliphatic carbocycles. The molecule has 13 heavy (non-hydrogen) atoms. The molecule has 0 saturated heterocycles. The van der Waals surface area contributed by atoms with Gasteiger partial charge in [0.25, 0.3) is 0 Å². The molecule has 1 nitrogen and oxygen atoms in total. The monoisotopic (exact) mass is 194 g/mol. The predicted octanol–water partition coefficient (Wildman–Crippen LogP) is 3.09. The lowest BCUT2D eigenvalue weighted by Crippen LogP contribution is -1.94. The molecule has 1 atom stereocenters. The van der Waals surface area contributed by atoms with Crippen LogP contribution >= 0.6 is 11.6 Å². The first kappa shape index (κ1) is 9.95. The van der Waals surface area contributed by atoms with Gasteiger partial charge in [0.1, 0.15) is 5.75 Å². The number of ether oxygens (including phenoxy) is 1. The van der Waals surface area contributed by atoms with Gasteiger partial charge in [-0.15, -0.1) is 6.42 Å². The van der Waals surface area contributed by atoms with Crippen LogP contribution < -0.4 is 4.74 Å². The molecule has 0 spiro atoms. The first-order chi connectivity index (χ1) is 6.19. The van der Waals surface area contributed by atoms with Crippen LogP contribution in [0.2, 0.25) is 5.02 Å². The van der Waals surface area contributed by atoms with Crippen molar-refractivity contribution < 1.29 is 4.74 Å². The van der Waals surface area contributed by atoms with Crippen LogP contribution in [-0.2, 0) is 0 Å². The van der Waals surface area contributed by atoms with E-state index in [9.17, 15) is 0 Å². The van der Waals surface area contributed by atoms with Crippen molar-refractivity contribution in [3.63, 3.8) is 0 Å². The van der Waals surface area contributed by atoms with Gasteiger partial charge >= 0.3 is 0 Å². The van der Waals surface area contributed by atoms with E-state index in [0.717, 1.165) is 11.3 Å². The van der Waals surface area contributed by atoms with Crippen LogP contribution in [0.4, 0.5) is 0 Å². The Labute approximate surface area is 83.7 Å². The van der Waals surface area contributed by atoms with Crippen LogP contribution in [0.25, 0.3) is 0 Å². The molecule has 0 aromatic heterocycles. The summed E-state index contributed by atoms with van der Waals surface area (Å²) < 4.78 is 5.17. The Morgan fingerprint density at radius 2 is 2.23 bits per heavy atom. The van der Waals surface area contributed by atoms with E-state index in [-0.39, 0.29) is 5.92 Å². The summed E-state index contributed by atoms with van der Waals surface area (Å²) in [6.07, 6.45) is 5.33. The second-order valence-electron chi connectivity index (χ2n) is 2.77. The maximum Gasteiger partial charge on any atom is 0.124 e. The number of halogens is 1. The molecule has 2 heteroatoms. The minimum Gasteiger partial charge on any atom is -0.496 e. The first-order valence-electron chi connectivity index (χ1n) is 3.98. The van der Waals surface area contributed by atoms with Crippen molar-refractivity contribution in [1.82, 2.24) is 0 Å². The van der Waals surface area contributed by atoms with Crippen molar-refractivity contribution >= 4 is 11.6 Å². The molecule has 0 N–H and O–H groups in total. The van der Waals surface area contributed by atoms with E-state index in [0.29, 0.717) is 5.02 Å². The zero-order chi connectivity index (χ0) is 9.84. The van der Waals surface area contributed by atoms with E-state index in [2.05, 4.69) is 5.92 Å². The van der Waals surface area contributed by atoms with Crippen molar-refractivity contribution in [1.29, 1.82) is 0 Å². The normalized spacial score (nSPS) is 11.8. The van der Waals surface area contributed by atoms with E-state index in [1.807, 2.05) is 19.1 Å². The van der Waals surface area contributed by atoms with Crippen molar-refractivity contribution in [2.45, 2.75) is 12.8 Å². The van der Waals surface area contributed by atoms with Gasteiger partial charge in [0.05, 0.1) is 7.11 Å². The second-order valence-corrected chi connectivity index (χ2v) is 3.21. The average Bonchev–Trinajstić information content (AvgIpc) is 2.16. The molecule has 0 aliphatic heterocycles. The Kier molecular flexibility index (Phi) is 3.22. The van der Waals surface area contributed by atoms with Gasteiger partial charge in [0.15, 0.2) is 0 Å². The third-order valence-corrected chi connectivity index (χ3v) is 2.15. The summed E-state index contributed by atoms with van der Waals surface area (Å²) in [5, 5.41) is 0.657. The number of benzene rings is 1. The molecular formula is C11H11ClO.